The second-order valence-corrected chi connectivity index (χ2v) is 10.9. The molecule has 5 rings (SSSR count). The maximum absolute atomic E-state index is 12.9. The molecule has 2 aliphatic rings. The van der Waals surface area contributed by atoms with Gasteiger partial charge in [0.2, 0.25) is 0 Å². The van der Waals surface area contributed by atoms with Crippen molar-refractivity contribution >= 4 is 19.3 Å². The van der Waals surface area contributed by atoms with Crippen LogP contribution in [0.15, 0.2) is 72.2 Å². The SMILES string of the molecule is CC1(C)OB(C(=Cc2ccc(C#N)c(O)c2)CNC(=O)OCC2c3ccccc3-c3ccccc32)OC1(C)C. The number of amides is 1. The van der Waals surface area contributed by atoms with Crippen LogP contribution in [0.2, 0.25) is 0 Å². The van der Waals surface area contributed by atoms with Crippen LogP contribution in [0.3, 0.4) is 0 Å². The molecule has 0 unspecified atom stereocenters. The van der Waals surface area contributed by atoms with Crippen LogP contribution in [-0.2, 0) is 14.0 Å². The molecule has 8 heteroatoms. The first kappa shape index (κ1) is 26.5. The highest BCUT2D eigenvalue weighted by molar-refractivity contribution is 6.56. The van der Waals surface area contributed by atoms with Gasteiger partial charge < -0.3 is 24.5 Å². The van der Waals surface area contributed by atoms with Gasteiger partial charge in [0, 0.05) is 12.5 Å². The number of carbonyl (C=O) groups excluding carboxylic acids is 1. The van der Waals surface area contributed by atoms with E-state index in [0.29, 0.717) is 11.0 Å². The Morgan fingerprint density at radius 1 is 1.03 bits per heavy atom. The average molecular weight is 522 g/mol. The minimum atomic E-state index is -0.721. The first-order valence-electron chi connectivity index (χ1n) is 13.0. The number of ether oxygens (including phenoxy) is 1. The van der Waals surface area contributed by atoms with E-state index in [1.54, 1.807) is 18.2 Å². The number of fused-ring (bicyclic) bond motifs is 3. The van der Waals surface area contributed by atoms with Gasteiger partial charge in [-0.2, -0.15) is 5.26 Å². The third-order valence-electron chi connectivity index (χ3n) is 7.83. The molecule has 0 radical (unpaired) electrons. The van der Waals surface area contributed by atoms with Gasteiger partial charge in [0.1, 0.15) is 18.4 Å². The molecule has 0 spiro atoms. The van der Waals surface area contributed by atoms with Crippen LogP contribution in [0.4, 0.5) is 4.79 Å². The molecular weight excluding hydrogens is 491 g/mol. The molecule has 1 saturated heterocycles. The lowest BCUT2D eigenvalue weighted by Crippen LogP contribution is -2.41. The Kier molecular flexibility index (Phi) is 6.98. The van der Waals surface area contributed by atoms with Crippen molar-refractivity contribution in [2.75, 3.05) is 13.2 Å². The van der Waals surface area contributed by atoms with Crippen molar-refractivity contribution in [2.45, 2.75) is 44.8 Å². The van der Waals surface area contributed by atoms with E-state index in [0.717, 1.165) is 11.1 Å². The highest BCUT2D eigenvalue weighted by atomic mass is 16.7. The predicted molar refractivity (Wildman–Crippen MR) is 150 cm³/mol. The molecule has 1 amide bonds. The number of nitrogens with one attached hydrogen (secondary N) is 1. The Balaban J connectivity index is 1.31. The molecule has 0 atom stereocenters. The lowest BCUT2D eigenvalue weighted by molar-refractivity contribution is 0.00578. The number of rotatable bonds is 6. The van der Waals surface area contributed by atoms with Crippen molar-refractivity contribution in [3.8, 4) is 22.9 Å². The summed E-state index contributed by atoms with van der Waals surface area (Å²) in [6.07, 6.45) is 1.23. The van der Waals surface area contributed by atoms with E-state index in [4.69, 9.17) is 19.3 Å². The Morgan fingerprint density at radius 2 is 1.62 bits per heavy atom. The zero-order valence-corrected chi connectivity index (χ0v) is 22.5. The molecule has 2 N–H and O–H groups in total. The van der Waals surface area contributed by atoms with E-state index in [1.165, 1.54) is 17.2 Å². The van der Waals surface area contributed by atoms with Crippen molar-refractivity contribution in [2.24, 2.45) is 0 Å². The summed E-state index contributed by atoms with van der Waals surface area (Å²) >= 11 is 0. The third-order valence-corrected chi connectivity index (χ3v) is 7.83. The lowest BCUT2D eigenvalue weighted by atomic mass is 9.77. The predicted octanol–water partition coefficient (Wildman–Crippen LogP) is 5.82. The highest BCUT2D eigenvalue weighted by Crippen LogP contribution is 2.44. The zero-order chi connectivity index (χ0) is 27.8. The fraction of sp³-hybridized carbons (Fsp3) is 0.290. The first-order valence-corrected chi connectivity index (χ1v) is 13.0. The smallest absolute Gasteiger partial charge is 0.492 e. The molecule has 198 valence electrons. The van der Waals surface area contributed by atoms with E-state index in [-0.39, 0.29) is 30.4 Å². The van der Waals surface area contributed by atoms with Gasteiger partial charge in [-0.05, 0) is 73.1 Å². The number of phenolic OH excluding ortho intramolecular Hbond substituents is 1. The van der Waals surface area contributed by atoms with Crippen molar-refractivity contribution < 1.29 is 23.9 Å². The maximum atomic E-state index is 12.9. The van der Waals surface area contributed by atoms with Gasteiger partial charge in [0.25, 0.3) is 0 Å². The number of carbonyl (C=O) groups is 1. The number of hydrogen-bond donors (Lipinski definition) is 2. The number of aromatic hydroxyl groups is 1. The summed E-state index contributed by atoms with van der Waals surface area (Å²) in [6, 6.07) is 23.1. The Bertz CT molecular complexity index is 1430. The molecule has 0 aromatic heterocycles. The van der Waals surface area contributed by atoms with E-state index in [1.807, 2.05) is 58.0 Å². The molecule has 3 aromatic rings. The fourth-order valence-corrected chi connectivity index (χ4v) is 4.97. The third kappa shape index (κ3) is 5.16. The van der Waals surface area contributed by atoms with Crippen LogP contribution in [0.1, 0.15) is 55.9 Å². The molecule has 0 bridgehead atoms. The number of hydrogen-bond acceptors (Lipinski definition) is 6. The molecule has 3 aromatic carbocycles. The normalized spacial score (nSPS) is 17.3. The van der Waals surface area contributed by atoms with E-state index >= 15 is 0 Å². The number of nitriles is 1. The first-order chi connectivity index (χ1) is 18.6. The Labute approximate surface area is 229 Å². The molecule has 1 heterocycles. The molecule has 1 aliphatic carbocycles. The van der Waals surface area contributed by atoms with Gasteiger partial charge in [-0.25, -0.2) is 4.79 Å². The largest absolute Gasteiger partial charge is 0.507 e. The van der Waals surface area contributed by atoms with Crippen LogP contribution in [0.5, 0.6) is 5.75 Å². The summed E-state index contributed by atoms with van der Waals surface area (Å²) in [5.74, 6) is -0.160. The highest BCUT2D eigenvalue weighted by Gasteiger charge is 2.52. The van der Waals surface area contributed by atoms with E-state index < -0.39 is 24.4 Å². The van der Waals surface area contributed by atoms with Gasteiger partial charge in [-0.15, -0.1) is 0 Å². The van der Waals surface area contributed by atoms with E-state index in [2.05, 4.69) is 29.6 Å². The zero-order valence-electron chi connectivity index (χ0n) is 22.5. The van der Waals surface area contributed by atoms with Crippen molar-refractivity contribution in [3.63, 3.8) is 0 Å². The van der Waals surface area contributed by atoms with Gasteiger partial charge in [-0.1, -0.05) is 60.7 Å². The summed E-state index contributed by atoms with van der Waals surface area (Å²) in [4.78, 5) is 12.9. The standard InChI is InChI=1S/C31H31BN2O5/c1-30(2)31(3,4)39-32(38-30)22(15-20-13-14-21(17-33)28(35)16-20)18-34-29(36)37-19-27-25-11-7-5-9-23(25)24-10-6-8-12-26(24)27/h5-16,27,35H,18-19H2,1-4H3,(H,34,36). The van der Waals surface area contributed by atoms with Crippen molar-refractivity contribution in [3.05, 3.63) is 94.5 Å². The fourth-order valence-electron chi connectivity index (χ4n) is 4.97. The monoisotopic (exact) mass is 522 g/mol. The number of benzene rings is 3. The molecular formula is C31H31BN2O5. The average Bonchev–Trinajstić information content (AvgIpc) is 3.34. The van der Waals surface area contributed by atoms with E-state index in [9.17, 15) is 9.90 Å². The second kappa shape index (κ2) is 10.3. The Hall–Kier alpha value is -4.06. The second-order valence-electron chi connectivity index (χ2n) is 10.9. The van der Waals surface area contributed by atoms with Crippen LogP contribution < -0.4 is 5.32 Å². The van der Waals surface area contributed by atoms with Gasteiger partial charge in [-0.3, -0.25) is 0 Å². The minimum Gasteiger partial charge on any atom is -0.507 e. The number of alkyl carbamates (subject to hydrolysis) is 1. The molecule has 39 heavy (non-hydrogen) atoms. The summed E-state index contributed by atoms with van der Waals surface area (Å²) < 4.78 is 18.2. The van der Waals surface area contributed by atoms with Gasteiger partial charge >= 0.3 is 13.2 Å². The number of nitrogens with zero attached hydrogens (tertiary/aromatic N) is 1. The quantitative estimate of drug-likeness (QED) is 0.396. The van der Waals surface area contributed by atoms with Crippen molar-refractivity contribution in [1.29, 1.82) is 5.26 Å². The summed E-state index contributed by atoms with van der Waals surface area (Å²) in [5.41, 5.74) is 4.94. The summed E-state index contributed by atoms with van der Waals surface area (Å²) in [7, 11) is -0.721. The molecule has 1 aliphatic heterocycles. The minimum absolute atomic E-state index is 0.0390. The molecule has 1 fully saturated rings. The number of phenols is 1. The van der Waals surface area contributed by atoms with Crippen molar-refractivity contribution in [1.82, 2.24) is 5.32 Å². The van der Waals surface area contributed by atoms with Crippen LogP contribution in [0.25, 0.3) is 17.2 Å². The van der Waals surface area contributed by atoms with Crippen LogP contribution >= 0.6 is 0 Å². The van der Waals surface area contributed by atoms with Crippen LogP contribution in [-0.4, -0.2) is 42.7 Å². The lowest BCUT2D eigenvalue weighted by Gasteiger charge is -2.32. The summed E-state index contributed by atoms with van der Waals surface area (Å²) in [6.45, 7) is 8.13. The molecule has 0 saturated carbocycles. The maximum Gasteiger partial charge on any atom is 0.492 e. The van der Waals surface area contributed by atoms with Gasteiger partial charge in [0.05, 0.1) is 16.8 Å². The summed E-state index contributed by atoms with van der Waals surface area (Å²) in [5, 5.41) is 22.1. The topological polar surface area (TPSA) is 101 Å². The van der Waals surface area contributed by atoms with Gasteiger partial charge in [0.15, 0.2) is 0 Å². The Morgan fingerprint density at radius 3 is 2.18 bits per heavy atom. The molecule has 7 nitrogen and oxygen atoms in total. The van der Waals surface area contributed by atoms with Crippen LogP contribution in [0, 0.1) is 11.3 Å².